The molecule has 0 aromatic carbocycles. The maximum Gasteiger partial charge on any atom is 0.150 e. The molecule has 2 atom stereocenters. The van der Waals surface area contributed by atoms with Crippen molar-refractivity contribution in [2.24, 2.45) is 13.0 Å². The highest BCUT2D eigenvalue weighted by atomic mass is 32.2. The molecule has 2 unspecified atom stereocenters. The molecule has 5 nitrogen and oxygen atoms in total. The molecule has 6 heteroatoms. The maximum atomic E-state index is 11.5. The minimum atomic E-state index is -2.83. The number of rotatable bonds is 4. The second kappa shape index (κ2) is 4.78. The third kappa shape index (κ3) is 2.87. The molecule has 1 aliphatic heterocycles. The van der Waals surface area contributed by atoms with Gasteiger partial charge in [-0.1, -0.05) is 6.92 Å². The van der Waals surface area contributed by atoms with Crippen molar-refractivity contribution in [2.75, 3.05) is 18.1 Å². The number of hydrogen-bond donors (Lipinski definition) is 1. The summed E-state index contributed by atoms with van der Waals surface area (Å²) in [6, 6.07) is 0.0541. The Morgan fingerprint density at radius 1 is 1.65 bits per heavy atom. The van der Waals surface area contributed by atoms with Gasteiger partial charge in [-0.3, -0.25) is 0 Å². The molecule has 2 rings (SSSR count). The molecule has 17 heavy (non-hydrogen) atoms. The average molecular weight is 257 g/mol. The van der Waals surface area contributed by atoms with Gasteiger partial charge >= 0.3 is 0 Å². The van der Waals surface area contributed by atoms with Gasteiger partial charge in [-0.15, -0.1) is 0 Å². The van der Waals surface area contributed by atoms with Crippen molar-refractivity contribution >= 4 is 9.84 Å². The lowest BCUT2D eigenvalue weighted by Gasteiger charge is -2.21. The summed E-state index contributed by atoms with van der Waals surface area (Å²) in [5.41, 5.74) is 0.941. The number of hydrogen-bond acceptors (Lipinski definition) is 4. The highest BCUT2D eigenvalue weighted by molar-refractivity contribution is 7.91. The van der Waals surface area contributed by atoms with Crippen LogP contribution in [0.2, 0.25) is 0 Å². The van der Waals surface area contributed by atoms with Crippen LogP contribution in [0.5, 0.6) is 0 Å². The minimum Gasteiger partial charge on any atom is -0.340 e. The number of nitrogens with one attached hydrogen (secondary N) is 1. The molecule has 96 valence electrons. The summed E-state index contributed by atoms with van der Waals surface area (Å²) >= 11 is 0. The molecule has 0 bridgehead atoms. The molecule has 0 saturated carbocycles. The van der Waals surface area contributed by atoms with Gasteiger partial charge in [0.25, 0.3) is 0 Å². The van der Waals surface area contributed by atoms with E-state index in [1.54, 1.807) is 6.33 Å². The molecule has 0 radical (unpaired) electrons. The first kappa shape index (κ1) is 12.6. The predicted molar refractivity (Wildman–Crippen MR) is 66.4 cm³/mol. The first-order valence-corrected chi connectivity index (χ1v) is 7.75. The van der Waals surface area contributed by atoms with E-state index in [-0.39, 0.29) is 17.7 Å². The summed E-state index contributed by atoms with van der Waals surface area (Å²) in [7, 11) is -0.913. The van der Waals surface area contributed by atoms with Crippen LogP contribution >= 0.6 is 0 Å². The van der Waals surface area contributed by atoms with E-state index in [0.717, 1.165) is 18.7 Å². The summed E-state index contributed by atoms with van der Waals surface area (Å²) < 4.78 is 25.0. The van der Waals surface area contributed by atoms with Gasteiger partial charge in [-0.05, 0) is 18.9 Å². The highest BCUT2D eigenvalue weighted by Crippen LogP contribution is 2.30. The molecule has 0 spiro atoms. The van der Waals surface area contributed by atoms with Crippen LogP contribution in [0.25, 0.3) is 0 Å². The van der Waals surface area contributed by atoms with E-state index in [1.165, 1.54) is 0 Å². The van der Waals surface area contributed by atoms with E-state index in [0.29, 0.717) is 5.75 Å². The van der Waals surface area contributed by atoms with E-state index in [1.807, 2.05) is 24.7 Å². The Morgan fingerprint density at radius 2 is 2.41 bits per heavy atom. The molecular formula is C11H19N3O2S. The van der Waals surface area contributed by atoms with Crippen LogP contribution in [0, 0.1) is 5.92 Å². The molecule has 1 N–H and O–H groups in total. The molecule has 1 aliphatic rings. The maximum absolute atomic E-state index is 11.5. The van der Waals surface area contributed by atoms with Gasteiger partial charge in [0.05, 0.1) is 29.6 Å². The van der Waals surface area contributed by atoms with Gasteiger partial charge in [-0.2, -0.15) is 0 Å². The van der Waals surface area contributed by atoms with Crippen LogP contribution < -0.4 is 5.32 Å². The Bertz CT molecular complexity index is 481. The Morgan fingerprint density at radius 3 is 2.88 bits per heavy atom. The molecule has 0 aliphatic carbocycles. The molecule has 2 heterocycles. The van der Waals surface area contributed by atoms with Crippen molar-refractivity contribution in [3.63, 3.8) is 0 Å². The Labute approximate surface area is 102 Å². The third-order valence-electron chi connectivity index (χ3n) is 3.21. The molecule has 1 fully saturated rings. The monoisotopic (exact) mass is 257 g/mol. The van der Waals surface area contributed by atoms with Gasteiger partial charge in [0.2, 0.25) is 0 Å². The molecule has 1 saturated heterocycles. The van der Waals surface area contributed by atoms with E-state index >= 15 is 0 Å². The van der Waals surface area contributed by atoms with E-state index < -0.39 is 9.84 Å². The summed E-state index contributed by atoms with van der Waals surface area (Å²) in [6.07, 6.45) is 4.44. The van der Waals surface area contributed by atoms with Crippen molar-refractivity contribution in [1.82, 2.24) is 14.9 Å². The van der Waals surface area contributed by atoms with Crippen LogP contribution in [0.1, 0.15) is 25.1 Å². The number of aryl methyl sites for hydroxylation is 1. The fourth-order valence-corrected chi connectivity index (χ4v) is 4.25. The fraction of sp³-hybridized carbons (Fsp3) is 0.727. The Balaban J connectivity index is 2.18. The summed E-state index contributed by atoms with van der Waals surface area (Å²) in [5, 5.41) is 3.35. The predicted octanol–water partition coefficient (Wildman–Crippen LogP) is 0.505. The zero-order valence-corrected chi connectivity index (χ0v) is 11.1. The van der Waals surface area contributed by atoms with E-state index in [4.69, 9.17) is 0 Å². The number of imidazole rings is 1. The molecule has 0 amide bonds. The van der Waals surface area contributed by atoms with E-state index in [9.17, 15) is 8.42 Å². The van der Waals surface area contributed by atoms with Crippen LogP contribution in [-0.2, 0) is 16.9 Å². The molecular weight excluding hydrogens is 238 g/mol. The first-order valence-electron chi connectivity index (χ1n) is 5.93. The lowest BCUT2D eigenvalue weighted by molar-refractivity contribution is 0.393. The number of aromatic nitrogens is 2. The van der Waals surface area contributed by atoms with Gasteiger partial charge < -0.3 is 9.88 Å². The van der Waals surface area contributed by atoms with Crippen molar-refractivity contribution in [3.8, 4) is 0 Å². The lowest BCUT2D eigenvalue weighted by atomic mass is 9.97. The van der Waals surface area contributed by atoms with Crippen molar-refractivity contribution < 1.29 is 8.42 Å². The normalized spacial score (nSPS) is 24.9. The fourth-order valence-electron chi connectivity index (χ4n) is 2.41. The van der Waals surface area contributed by atoms with E-state index in [2.05, 4.69) is 10.3 Å². The standard InChI is InChI=1S/C11H19N3O2S/c1-3-12-11(10-6-14(2)8-13-10)9-4-5-17(15,16)7-9/h6,8-9,11-12H,3-5,7H2,1-2H3. The minimum absolute atomic E-state index is 0.0541. The number of sulfone groups is 1. The Hall–Kier alpha value is -0.880. The van der Waals surface area contributed by atoms with Crippen molar-refractivity contribution in [1.29, 1.82) is 0 Å². The second-order valence-electron chi connectivity index (χ2n) is 4.66. The third-order valence-corrected chi connectivity index (χ3v) is 5.00. The second-order valence-corrected chi connectivity index (χ2v) is 6.89. The quantitative estimate of drug-likeness (QED) is 0.853. The zero-order valence-electron chi connectivity index (χ0n) is 10.3. The van der Waals surface area contributed by atoms with Crippen molar-refractivity contribution in [3.05, 3.63) is 18.2 Å². The molecule has 1 aromatic rings. The van der Waals surface area contributed by atoms with Gasteiger partial charge in [0.15, 0.2) is 9.84 Å². The first-order chi connectivity index (χ1) is 8.02. The van der Waals surface area contributed by atoms with Gasteiger partial charge in [0.1, 0.15) is 0 Å². The smallest absolute Gasteiger partial charge is 0.150 e. The summed E-state index contributed by atoms with van der Waals surface area (Å²) in [4.78, 5) is 4.33. The molecule has 1 aromatic heterocycles. The van der Waals surface area contributed by atoms with Crippen molar-refractivity contribution in [2.45, 2.75) is 19.4 Å². The Kier molecular flexibility index (Phi) is 3.53. The summed E-state index contributed by atoms with van der Waals surface area (Å²) in [6.45, 7) is 2.84. The van der Waals surface area contributed by atoms with Crippen LogP contribution in [0.4, 0.5) is 0 Å². The zero-order chi connectivity index (χ0) is 12.5. The van der Waals surface area contributed by atoms with Crippen LogP contribution in [0.15, 0.2) is 12.5 Å². The number of nitrogens with zero attached hydrogens (tertiary/aromatic N) is 2. The van der Waals surface area contributed by atoms with Crippen LogP contribution in [0.3, 0.4) is 0 Å². The van der Waals surface area contributed by atoms with Gasteiger partial charge in [-0.25, -0.2) is 13.4 Å². The highest BCUT2D eigenvalue weighted by Gasteiger charge is 2.34. The largest absolute Gasteiger partial charge is 0.340 e. The van der Waals surface area contributed by atoms with Crippen LogP contribution in [-0.4, -0.2) is 36.0 Å². The lowest BCUT2D eigenvalue weighted by Crippen LogP contribution is -2.29. The average Bonchev–Trinajstić information content (AvgIpc) is 2.81. The van der Waals surface area contributed by atoms with Gasteiger partial charge in [0, 0.05) is 13.2 Å². The SMILES string of the molecule is CCNC(c1cn(C)cn1)C1CCS(=O)(=O)C1. The summed E-state index contributed by atoms with van der Waals surface area (Å²) in [5.74, 6) is 0.739. The topological polar surface area (TPSA) is 64.0 Å².